The fraction of sp³-hybridized carbons (Fsp3) is 0.379. The molecule has 1 aliphatic carbocycles. The number of nitrogens with one attached hydrogen (secondary N) is 3. The Kier molecular flexibility index (Phi) is 8.42. The number of amides is 3. The Bertz CT molecular complexity index is 1310. The van der Waals surface area contributed by atoms with Crippen LogP contribution >= 0.6 is 0 Å². The number of ketones is 1. The number of likely N-dealkylation sites (N-methyl/N-ethyl adjacent to an activating group) is 1. The van der Waals surface area contributed by atoms with Gasteiger partial charge in [0.05, 0.1) is 17.8 Å². The molecule has 0 unspecified atom stereocenters. The number of hydrazine groups is 1. The minimum absolute atomic E-state index is 0.0136. The van der Waals surface area contributed by atoms with E-state index in [2.05, 4.69) is 32.7 Å². The van der Waals surface area contributed by atoms with Crippen LogP contribution in [0.3, 0.4) is 0 Å². The second kappa shape index (κ2) is 12.3. The van der Waals surface area contributed by atoms with Gasteiger partial charge < -0.3 is 25.3 Å². The Morgan fingerprint density at radius 2 is 1.73 bits per heavy atom. The molecule has 2 heterocycles. The lowest BCUT2D eigenvalue weighted by molar-refractivity contribution is -0.132. The quantitative estimate of drug-likeness (QED) is 0.344. The third kappa shape index (κ3) is 6.32. The minimum Gasteiger partial charge on any atom is -0.484 e. The molecule has 2 aliphatic heterocycles. The molecule has 3 amide bonds. The highest BCUT2D eigenvalue weighted by molar-refractivity contribution is 6.42. The summed E-state index contributed by atoms with van der Waals surface area (Å²) in [4.78, 5) is 41.9. The normalized spacial score (nSPS) is 18.6. The van der Waals surface area contributed by atoms with Gasteiger partial charge in [-0.1, -0.05) is 30.8 Å². The van der Waals surface area contributed by atoms with Gasteiger partial charge in [0.2, 0.25) is 0 Å². The van der Waals surface area contributed by atoms with Crippen LogP contribution in [0.2, 0.25) is 0 Å². The van der Waals surface area contributed by atoms with Crippen LogP contribution in [0, 0.1) is 0 Å². The number of carbonyl (C=O) groups excluding carboxylic acids is 3. The van der Waals surface area contributed by atoms with E-state index in [1.807, 2.05) is 41.2 Å². The van der Waals surface area contributed by atoms with E-state index in [4.69, 9.17) is 4.74 Å². The molecule has 2 fully saturated rings. The van der Waals surface area contributed by atoms with E-state index in [0.717, 1.165) is 57.7 Å². The molecule has 3 N–H and O–H groups in total. The van der Waals surface area contributed by atoms with Gasteiger partial charge in [-0.3, -0.25) is 15.0 Å². The van der Waals surface area contributed by atoms with Crippen molar-refractivity contribution in [1.82, 2.24) is 25.7 Å². The number of piperazine rings is 1. The largest absolute Gasteiger partial charge is 0.484 e. The van der Waals surface area contributed by atoms with E-state index in [1.54, 1.807) is 18.2 Å². The zero-order valence-electron chi connectivity index (χ0n) is 22.7. The highest BCUT2D eigenvalue weighted by Gasteiger charge is 2.33. The number of anilines is 1. The summed E-state index contributed by atoms with van der Waals surface area (Å²) in [6, 6.07) is 12.3. The van der Waals surface area contributed by atoms with E-state index >= 15 is 0 Å². The minimum atomic E-state index is -0.396. The number of urea groups is 1. The lowest BCUT2D eigenvalue weighted by Crippen LogP contribution is -2.53. The van der Waals surface area contributed by atoms with Crippen LogP contribution in [0.5, 0.6) is 5.75 Å². The zero-order chi connectivity index (χ0) is 28.1. The van der Waals surface area contributed by atoms with Crippen molar-refractivity contribution < 1.29 is 19.1 Å². The van der Waals surface area contributed by atoms with Gasteiger partial charge in [-0.25, -0.2) is 9.80 Å². The SMILES string of the molecule is C=C1C(=O)c2c(NC(=O)NN3CCN(C)CC3)cccc2/C1=N/NCc1ccc(OCC(=O)N2CCCC2)cc1. The molecule has 2 saturated heterocycles. The standard InChI is InChI=1S/C29H35N7O4/c1-20-27(32-30-18-21-8-10-22(11-9-21)40-19-25(37)35-12-3-4-13-35)23-6-5-7-24(26(23)28(20)38)31-29(39)33-36-16-14-34(2)15-17-36/h5-11,30H,1,3-4,12-19H2,2H3,(H2,31,33,39)/b32-27+. The molecule has 0 bridgehead atoms. The second-order valence-electron chi connectivity index (χ2n) is 10.2. The predicted molar refractivity (Wildman–Crippen MR) is 152 cm³/mol. The molecule has 210 valence electrons. The van der Waals surface area contributed by atoms with Crippen molar-refractivity contribution in [1.29, 1.82) is 0 Å². The van der Waals surface area contributed by atoms with E-state index in [1.165, 1.54) is 0 Å². The summed E-state index contributed by atoms with van der Waals surface area (Å²) in [6.07, 6.45) is 2.11. The van der Waals surface area contributed by atoms with Gasteiger partial charge in [0.25, 0.3) is 5.91 Å². The van der Waals surface area contributed by atoms with Crippen LogP contribution in [0.25, 0.3) is 0 Å². The molecule has 0 atom stereocenters. The highest BCUT2D eigenvalue weighted by atomic mass is 16.5. The van der Waals surface area contributed by atoms with Crippen molar-refractivity contribution in [2.45, 2.75) is 19.4 Å². The number of Topliss-reactive ketones (excluding diaryl/α,β-unsaturated/α-hetero) is 1. The number of hydrazone groups is 1. The molecule has 0 radical (unpaired) electrons. The Labute approximate surface area is 233 Å². The van der Waals surface area contributed by atoms with E-state index in [-0.39, 0.29) is 23.9 Å². The maximum absolute atomic E-state index is 13.1. The third-order valence-corrected chi connectivity index (χ3v) is 7.34. The lowest BCUT2D eigenvalue weighted by Gasteiger charge is -2.32. The summed E-state index contributed by atoms with van der Waals surface area (Å²) in [5.74, 6) is 0.374. The summed E-state index contributed by atoms with van der Waals surface area (Å²) in [5, 5.41) is 9.14. The van der Waals surface area contributed by atoms with Gasteiger partial charge in [-0.15, -0.1) is 0 Å². The van der Waals surface area contributed by atoms with Gasteiger partial charge in [0.1, 0.15) is 11.5 Å². The number of likely N-dealkylation sites (tertiary alicyclic amines) is 1. The number of allylic oxidation sites excluding steroid dienone is 1. The number of rotatable bonds is 8. The molecule has 0 saturated carbocycles. The average Bonchev–Trinajstić information content (AvgIpc) is 3.58. The number of hydrogen-bond donors (Lipinski definition) is 3. The van der Waals surface area contributed by atoms with Crippen LogP contribution < -0.4 is 20.9 Å². The first-order chi connectivity index (χ1) is 19.4. The molecular weight excluding hydrogens is 510 g/mol. The summed E-state index contributed by atoms with van der Waals surface area (Å²) in [6.45, 7) is 9.19. The highest BCUT2D eigenvalue weighted by Crippen LogP contribution is 2.32. The van der Waals surface area contributed by atoms with Crippen LogP contribution in [0.1, 0.15) is 34.3 Å². The topological polar surface area (TPSA) is 119 Å². The monoisotopic (exact) mass is 545 g/mol. The Morgan fingerprint density at radius 3 is 2.45 bits per heavy atom. The number of benzene rings is 2. The number of ether oxygens (including phenoxy) is 1. The summed E-state index contributed by atoms with van der Waals surface area (Å²) in [5.41, 5.74) is 8.96. The number of nitrogens with zero attached hydrogens (tertiary/aromatic N) is 4. The predicted octanol–water partition coefficient (Wildman–Crippen LogP) is 2.22. The van der Waals surface area contributed by atoms with E-state index in [0.29, 0.717) is 34.8 Å². The van der Waals surface area contributed by atoms with Crippen molar-refractivity contribution in [2.75, 3.05) is 58.2 Å². The maximum atomic E-state index is 13.1. The molecule has 40 heavy (non-hydrogen) atoms. The van der Waals surface area contributed by atoms with Gasteiger partial charge in [-0.05, 0) is 43.7 Å². The van der Waals surface area contributed by atoms with Gasteiger partial charge in [-0.2, -0.15) is 5.10 Å². The summed E-state index contributed by atoms with van der Waals surface area (Å²) in [7, 11) is 2.05. The zero-order valence-corrected chi connectivity index (χ0v) is 22.7. The summed E-state index contributed by atoms with van der Waals surface area (Å²) >= 11 is 0. The molecular formula is C29H35N7O4. The molecule has 2 aromatic rings. The first-order valence-corrected chi connectivity index (χ1v) is 13.6. The third-order valence-electron chi connectivity index (χ3n) is 7.34. The van der Waals surface area contributed by atoms with Crippen LogP contribution in [-0.2, 0) is 11.3 Å². The first kappa shape index (κ1) is 27.4. The maximum Gasteiger partial charge on any atom is 0.333 e. The number of fused-ring (bicyclic) bond motifs is 1. The van der Waals surface area contributed by atoms with Crippen molar-refractivity contribution in [3.63, 3.8) is 0 Å². The average molecular weight is 546 g/mol. The fourth-order valence-corrected chi connectivity index (χ4v) is 4.98. The first-order valence-electron chi connectivity index (χ1n) is 13.6. The number of hydrogen-bond acceptors (Lipinski definition) is 8. The second-order valence-corrected chi connectivity index (χ2v) is 10.2. The molecule has 5 rings (SSSR count). The van der Waals surface area contributed by atoms with Crippen LogP contribution in [0.15, 0.2) is 59.7 Å². The van der Waals surface area contributed by atoms with E-state index in [9.17, 15) is 14.4 Å². The summed E-state index contributed by atoms with van der Waals surface area (Å²) < 4.78 is 5.64. The van der Waals surface area contributed by atoms with Crippen molar-refractivity contribution in [3.8, 4) is 5.75 Å². The van der Waals surface area contributed by atoms with Gasteiger partial charge in [0, 0.05) is 50.4 Å². The fourth-order valence-electron chi connectivity index (χ4n) is 4.98. The molecule has 11 heteroatoms. The molecule has 0 spiro atoms. The van der Waals surface area contributed by atoms with Crippen molar-refractivity contribution >= 4 is 29.1 Å². The van der Waals surface area contributed by atoms with Crippen molar-refractivity contribution in [3.05, 3.63) is 71.3 Å². The van der Waals surface area contributed by atoms with E-state index < -0.39 is 6.03 Å². The molecule has 11 nitrogen and oxygen atoms in total. The molecule has 3 aliphatic rings. The Hall–Kier alpha value is -4.22. The Balaban J connectivity index is 1.17. The smallest absolute Gasteiger partial charge is 0.333 e. The van der Waals surface area contributed by atoms with Gasteiger partial charge >= 0.3 is 6.03 Å². The van der Waals surface area contributed by atoms with Crippen LogP contribution in [0.4, 0.5) is 10.5 Å². The van der Waals surface area contributed by atoms with Gasteiger partial charge in [0.15, 0.2) is 12.4 Å². The molecule has 0 aromatic heterocycles. The molecule has 2 aromatic carbocycles. The van der Waals surface area contributed by atoms with Crippen molar-refractivity contribution in [2.24, 2.45) is 5.10 Å². The van der Waals surface area contributed by atoms with Crippen LogP contribution in [-0.4, -0.2) is 91.2 Å². The number of carbonyl (C=O) groups is 3. The lowest BCUT2D eigenvalue weighted by atomic mass is 10.1. The Morgan fingerprint density at radius 1 is 1.00 bits per heavy atom.